The fourth-order valence-electron chi connectivity index (χ4n) is 1.33. The molecule has 4 heteroatoms. The van der Waals surface area contributed by atoms with Gasteiger partial charge in [-0.25, -0.2) is 0 Å². The van der Waals surface area contributed by atoms with Crippen molar-refractivity contribution in [1.82, 2.24) is 0 Å². The minimum atomic E-state index is -0.127. The molecule has 1 aromatic rings. The SMILES string of the molecule is CC(=O)N(CC(=O)CBr)c1ccc(C)cc1. The molecular formula is C12H14BrNO2. The lowest BCUT2D eigenvalue weighted by Crippen LogP contribution is -2.34. The van der Waals surface area contributed by atoms with Gasteiger partial charge >= 0.3 is 0 Å². The summed E-state index contributed by atoms with van der Waals surface area (Å²) in [5.74, 6) is -0.145. The molecular weight excluding hydrogens is 270 g/mol. The summed E-state index contributed by atoms with van der Waals surface area (Å²) in [4.78, 5) is 24.2. The van der Waals surface area contributed by atoms with Gasteiger partial charge in [0.2, 0.25) is 5.91 Å². The number of anilines is 1. The number of amides is 1. The van der Waals surface area contributed by atoms with Gasteiger partial charge in [-0.2, -0.15) is 0 Å². The Morgan fingerprint density at radius 1 is 1.25 bits per heavy atom. The average molecular weight is 284 g/mol. The highest BCUT2D eigenvalue weighted by molar-refractivity contribution is 9.09. The van der Waals surface area contributed by atoms with Gasteiger partial charge in [0.25, 0.3) is 0 Å². The molecule has 0 N–H and O–H groups in total. The Kier molecular flexibility index (Phi) is 4.68. The Bertz CT molecular complexity index is 387. The molecule has 0 aliphatic rings. The number of rotatable bonds is 4. The van der Waals surface area contributed by atoms with E-state index in [1.54, 1.807) is 0 Å². The minimum absolute atomic E-state index is 0.0178. The molecule has 0 aromatic heterocycles. The maximum absolute atomic E-state index is 11.4. The van der Waals surface area contributed by atoms with Crippen LogP contribution in [0.4, 0.5) is 5.69 Å². The number of halogens is 1. The Labute approximate surface area is 104 Å². The number of carbonyl (C=O) groups is 2. The van der Waals surface area contributed by atoms with Gasteiger partial charge in [-0.1, -0.05) is 33.6 Å². The van der Waals surface area contributed by atoms with Crippen molar-refractivity contribution in [3.63, 3.8) is 0 Å². The number of nitrogens with zero attached hydrogens (tertiary/aromatic N) is 1. The highest BCUT2D eigenvalue weighted by Crippen LogP contribution is 2.15. The molecule has 0 fully saturated rings. The lowest BCUT2D eigenvalue weighted by molar-refractivity contribution is -0.120. The van der Waals surface area contributed by atoms with Crippen LogP contribution in [0.15, 0.2) is 24.3 Å². The number of carbonyl (C=O) groups excluding carboxylic acids is 2. The van der Waals surface area contributed by atoms with Crippen molar-refractivity contribution in [3.8, 4) is 0 Å². The number of benzene rings is 1. The van der Waals surface area contributed by atoms with E-state index in [1.165, 1.54) is 11.8 Å². The maximum Gasteiger partial charge on any atom is 0.224 e. The van der Waals surface area contributed by atoms with Crippen molar-refractivity contribution in [2.45, 2.75) is 13.8 Å². The van der Waals surface area contributed by atoms with Crippen molar-refractivity contribution in [1.29, 1.82) is 0 Å². The van der Waals surface area contributed by atoms with Gasteiger partial charge in [0.05, 0.1) is 11.9 Å². The highest BCUT2D eigenvalue weighted by atomic mass is 79.9. The van der Waals surface area contributed by atoms with E-state index in [0.717, 1.165) is 11.3 Å². The van der Waals surface area contributed by atoms with E-state index >= 15 is 0 Å². The van der Waals surface area contributed by atoms with Crippen LogP contribution in [-0.2, 0) is 9.59 Å². The molecule has 1 aromatic carbocycles. The summed E-state index contributed by atoms with van der Waals surface area (Å²) in [5, 5.41) is 0.267. The number of alkyl halides is 1. The first kappa shape index (κ1) is 12.9. The highest BCUT2D eigenvalue weighted by Gasteiger charge is 2.14. The quantitative estimate of drug-likeness (QED) is 0.796. The molecule has 0 heterocycles. The zero-order valence-electron chi connectivity index (χ0n) is 9.37. The molecule has 1 amide bonds. The minimum Gasteiger partial charge on any atom is -0.305 e. The molecule has 0 aliphatic carbocycles. The molecule has 16 heavy (non-hydrogen) atoms. The second-order valence-electron chi connectivity index (χ2n) is 3.61. The first-order valence-corrected chi connectivity index (χ1v) is 6.09. The van der Waals surface area contributed by atoms with Gasteiger partial charge in [-0.3, -0.25) is 9.59 Å². The van der Waals surface area contributed by atoms with Crippen molar-refractivity contribution >= 4 is 33.3 Å². The summed E-state index contributed by atoms with van der Waals surface area (Å²) in [6.45, 7) is 3.55. The molecule has 0 unspecified atom stereocenters. The van der Waals surface area contributed by atoms with Crippen LogP contribution in [-0.4, -0.2) is 23.6 Å². The molecule has 0 spiro atoms. The van der Waals surface area contributed by atoms with Gasteiger partial charge in [0.1, 0.15) is 0 Å². The topological polar surface area (TPSA) is 37.4 Å². The fourth-order valence-corrected chi connectivity index (χ4v) is 1.51. The van der Waals surface area contributed by atoms with Gasteiger partial charge in [0, 0.05) is 12.6 Å². The van der Waals surface area contributed by atoms with E-state index in [1.807, 2.05) is 31.2 Å². The smallest absolute Gasteiger partial charge is 0.224 e. The van der Waals surface area contributed by atoms with Crippen molar-refractivity contribution < 1.29 is 9.59 Å². The Morgan fingerprint density at radius 2 is 1.81 bits per heavy atom. The molecule has 0 bridgehead atoms. The van der Waals surface area contributed by atoms with Crippen LogP contribution >= 0.6 is 15.9 Å². The number of hydrogen-bond acceptors (Lipinski definition) is 2. The molecule has 0 saturated heterocycles. The number of hydrogen-bond donors (Lipinski definition) is 0. The van der Waals surface area contributed by atoms with Crippen LogP contribution in [0.1, 0.15) is 12.5 Å². The maximum atomic E-state index is 11.4. The lowest BCUT2D eigenvalue weighted by Gasteiger charge is -2.20. The van der Waals surface area contributed by atoms with E-state index < -0.39 is 0 Å². The van der Waals surface area contributed by atoms with Crippen LogP contribution < -0.4 is 4.90 Å². The second-order valence-corrected chi connectivity index (χ2v) is 4.17. The normalized spacial score (nSPS) is 9.94. The largest absolute Gasteiger partial charge is 0.305 e. The van der Waals surface area contributed by atoms with Crippen LogP contribution in [0.5, 0.6) is 0 Å². The van der Waals surface area contributed by atoms with E-state index in [4.69, 9.17) is 0 Å². The Hall–Kier alpha value is -1.16. The van der Waals surface area contributed by atoms with Gasteiger partial charge in [0.15, 0.2) is 5.78 Å². The van der Waals surface area contributed by atoms with Gasteiger partial charge in [-0.15, -0.1) is 0 Å². The fraction of sp³-hybridized carbons (Fsp3) is 0.333. The molecule has 0 atom stereocenters. The van der Waals surface area contributed by atoms with Crippen LogP contribution in [0, 0.1) is 6.92 Å². The number of Topliss-reactive ketones (excluding diaryl/α,β-unsaturated/α-hetero) is 1. The Morgan fingerprint density at radius 3 is 2.25 bits per heavy atom. The third-order valence-corrected chi connectivity index (χ3v) is 2.83. The van der Waals surface area contributed by atoms with Gasteiger partial charge in [-0.05, 0) is 19.1 Å². The van der Waals surface area contributed by atoms with E-state index in [9.17, 15) is 9.59 Å². The molecule has 86 valence electrons. The standard InChI is InChI=1S/C12H14BrNO2/c1-9-3-5-11(6-4-9)14(10(2)15)8-12(16)7-13/h3-6H,7-8H2,1-2H3. The summed E-state index contributed by atoms with van der Waals surface area (Å²) >= 11 is 3.09. The first-order valence-electron chi connectivity index (χ1n) is 4.97. The summed E-state index contributed by atoms with van der Waals surface area (Å²) in [6.07, 6.45) is 0. The molecule has 3 nitrogen and oxygen atoms in total. The van der Waals surface area contributed by atoms with Crippen LogP contribution in [0.2, 0.25) is 0 Å². The zero-order chi connectivity index (χ0) is 12.1. The van der Waals surface area contributed by atoms with E-state index in [0.29, 0.717) is 0 Å². The summed E-state index contributed by atoms with van der Waals surface area (Å²) in [6, 6.07) is 7.53. The zero-order valence-corrected chi connectivity index (χ0v) is 11.0. The van der Waals surface area contributed by atoms with E-state index in [2.05, 4.69) is 15.9 Å². The third-order valence-electron chi connectivity index (χ3n) is 2.21. The number of ketones is 1. The number of aryl methyl sites for hydroxylation is 1. The molecule has 0 saturated carbocycles. The average Bonchev–Trinajstić information content (AvgIpc) is 2.26. The monoisotopic (exact) mass is 283 g/mol. The van der Waals surface area contributed by atoms with Crippen molar-refractivity contribution in [2.75, 3.05) is 16.8 Å². The first-order chi connectivity index (χ1) is 7.54. The Balaban J connectivity index is 2.89. The summed E-state index contributed by atoms with van der Waals surface area (Å²) < 4.78 is 0. The second kappa shape index (κ2) is 5.80. The predicted octanol–water partition coefficient (Wildman–Crippen LogP) is 2.31. The third kappa shape index (κ3) is 3.45. The van der Waals surface area contributed by atoms with E-state index in [-0.39, 0.29) is 23.6 Å². The van der Waals surface area contributed by atoms with Crippen LogP contribution in [0.25, 0.3) is 0 Å². The molecule has 0 aliphatic heterocycles. The van der Waals surface area contributed by atoms with Crippen molar-refractivity contribution in [2.24, 2.45) is 0 Å². The summed E-state index contributed by atoms with van der Waals surface area (Å²) in [7, 11) is 0. The molecule has 0 radical (unpaired) electrons. The predicted molar refractivity (Wildman–Crippen MR) is 68.0 cm³/mol. The van der Waals surface area contributed by atoms with Gasteiger partial charge < -0.3 is 4.90 Å². The van der Waals surface area contributed by atoms with Crippen molar-refractivity contribution in [3.05, 3.63) is 29.8 Å². The lowest BCUT2D eigenvalue weighted by atomic mass is 10.2. The van der Waals surface area contributed by atoms with Crippen LogP contribution in [0.3, 0.4) is 0 Å². The molecule has 1 rings (SSSR count). The summed E-state index contributed by atoms with van der Waals surface area (Å²) in [5.41, 5.74) is 1.88.